The monoisotopic (exact) mass is 281 g/mol. The molecule has 0 aliphatic heterocycles. The van der Waals surface area contributed by atoms with Crippen LogP contribution in [0.4, 0.5) is 0 Å². The molecule has 1 saturated carbocycles. The number of nitrogens with one attached hydrogen (secondary N) is 1. The van der Waals surface area contributed by atoms with Gasteiger partial charge >= 0.3 is 0 Å². The molecule has 0 spiro atoms. The zero-order valence-corrected chi connectivity index (χ0v) is 12.5. The third-order valence-corrected chi connectivity index (χ3v) is 3.79. The summed E-state index contributed by atoms with van der Waals surface area (Å²) in [5.74, 6) is 0.850. The van der Waals surface area contributed by atoms with Gasteiger partial charge in [0.1, 0.15) is 0 Å². The molecule has 1 atom stereocenters. The normalized spacial score (nSPS) is 16.5. The molecule has 19 heavy (non-hydrogen) atoms. The van der Waals surface area contributed by atoms with Crippen molar-refractivity contribution in [1.82, 2.24) is 5.32 Å². The maximum absolute atomic E-state index is 5.93. The van der Waals surface area contributed by atoms with Crippen LogP contribution in [0.1, 0.15) is 44.2 Å². The van der Waals surface area contributed by atoms with Crippen molar-refractivity contribution < 1.29 is 4.74 Å². The molecule has 0 aromatic heterocycles. The minimum Gasteiger partial charge on any atom is -0.380 e. The van der Waals surface area contributed by atoms with Gasteiger partial charge in [-0.1, -0.05) is 37.1 Å². The molecular formula is C16H24ClNO. The Balaban J connectivity index is 1.72. The average molecular weight is 282 g/mol. The van der Waals surface area contributed by atoms with Crippen molar-refractivity contribution in [3.05, 3.63) is 34.9 Å². The second-order valence-corrected chi connectivity index (χ2v) is 5.80. The largest absolute Gasteiger partial charge is 0.380 e. The van der Waals surface area contributed by atoms with E-state index < -0.39 is 0 Å². The summed E-state index contributed by atoms with van der Waals surface area (Å²) in [6.07, 6.45) is 5.03. The van der Waals surface area contributed by atoms with Crippen LogP contribution < -0.4 is 5.32 Å². The van der Waals surface area contributed by atoms with Gasteiger partial charge in [0, 0.05) is 24.2 Å². The first-order valence-corrected chi connectivity index (χ1v) is 7.74. The highest BCUT2D eigenvalue weighted by Gasteiger charge is 2.20. The van der Waals surface area contributed by atoms with Crippen molar-refractivity contribution in [2.45, 2.75) is 38.6 Å². The number of benzene rings is 1. The Morgan fingerprint density at radius 2 is 2.05 bits per heavy atom. The Hall–Kier alpha value is -0.570. The Morgan fingerprint density at radius 3 is 2.68 bits per heavy atom. The van der Waals surface area contributed by atoms with Crippen LogP contribution in [0, 0.1) is 5.92 Å². The van der Waals surface area contributed by atoms with Crippen LogP contribution in [0.2, 0.25) is 5.02 Å². The molecule has 0 heterocycles. The van der Waals surface area contributed by atoms with E-state index in [9.17, 15) is 0 Å². The summed E-state index contributed by atoms with van der Waals surface area (Å²) < 4.78 is 5.66. The Bertz CT molecular complexity index is 362. The van der Waals surface area contributed by atoms with E-state index >= 15 is 0 Å². The summed E-state index contributed by atoms with van der Waals surface area (Å²) in [7, 11) is 0. The van der Waals surface area contributed by atoms with Gasteiger partial charge in [-0.15, -0.1) is 0 Å². The Morgan fingerprint density at radius 1 is 1.32 bits per heavy atom. The fourth-order valence-corrected chi connectivity index (χ4v) is 2.34. The molecule has 106 valence electrons. The first-order chi connectivity index (χ1) is 9.29. The fraction of sp³-hybridized carbons (Fsp3) is 0.625. The van der Waals surface area contributed by atoms with E-state index in [2.05, 4.69) is 24.4 Å². The third-order valence-electron chi connectivity index (χ3n) is 3.54. The molecule has 0 bridgehead atoms. The molecule has 1 fully saturated rings. The van der Waals surface area contributed by atoms with Gasteiger partial charge in [-0.05, 0) is 42.9 Å². The van der Waals surface area contributed by atoms with Crippen molar-refractivity contribution >= 4 is 11.6 Å². The van der Waals surface area contributed by atoms with Gasteiger partial charge in [0.15, 0.2) is 0 Å². The number of hydrogen-bond donors (Lipinski definition) is 1. The summed E-state index contributed by atoms with van der Waals surface area (Å²) >= 11 is 5.93. The molecule has 0 saturated heterocycles. The smallest absolute Gasteiger partial charge is 0.0591 e. The first-order valence-electron chi connectivity index (χ1n) is 7.36. The van der Waals surface area contributed by atoms with Crippen LogP contribution in [0.5, 0.6) is 0 Å². The van der Waals surface area contributed by atoms with Gasteiger partial charge in [-0.25, -0.2) is 0 Å². The molecule has 1 aliphatic rings. The molecule has 1 aromatic rings. The van der Waals surface area contributed by atoms with Crippen molar-refractivity contribution in [3.8, 4) is 0 Å². The van der Waals surface area contributed by atoms with Crippen molar-refractivity contribution in [2.24, 2.45) is 5.92 Å². The molecule has 2 nitrogen and oxygen atoms in total. The minimum atomic E-state index is 0.409. The van der Waals surface area contributed by atoms with Crippen LogP contribution in [-0.2, 0) is 4.74 Å². The highest BCUT2D eigenvalue weighted by atomic mass is 35.5. The predicted molar refractivity (Wildman–Crippen MR) is 80.6 cm³/mol. The standard InChI is InChI=1S/C16H24ClNO/c1-2-3-16(14-6-8-15(17)9-7-14)18-10-11-19-12-13-4-5-13/h6-9,13,16,18H,2-5,10-12H2,1H3. The number of hydrogen-bond acceptors (Lipinski definition) is 2. The van der Waals surface area contributed by atoms with E-state index in [0.29, 0.717) is 6.04 Å². The van der Waals surface area contributed by atoms with E-state index in [1.165, 1.54) is 24.8 Å². The fourth-order valence-electron chi connectivity index (χ4n) is 2.21. The second kappa shape index (κ2) is 7.88. The van der Waals surface area contributed by atoms with Crippen molar-refractivity contribution in [3.63, 3.8) is 0 Å². The van der Waals surface area contributed by atoms with E-state index in [0.717, 1.165) is 37.1 Å². The quantitative estimate of drug-likeness (QED) is 0.685. The van der Waals surface area contributed by atoms with Crippen LogP contribution >= 0.6 is 11.6 Å². The topological polar surface area (TPSA) is 21.3 Å². The molecule has 0 radical (unpaired) electrons. The van der Waals surface area contributed by atoms with E-state index in [4.69, 9.17) is 16.3 Å². The van der Waals surface area contributed by atoms with Gasteiger partial charge in [-0.3, -0.25) is 0 Å². The lowest BCUT2D eigenvalue weighted by Crippen LogP contribution is -2.25. The minimum absolute atomic E-state index is 0.409. The summed E-state index contributed by atoms with van der Waals surface area (Å²) in [5.41, 5.74) is 1.31. The molecule has 1 aromatic carbocycles. The molecule has 0 amide bonds. The van der Waals surface area contributed by atoms with Gasteiger partial charge in [0.05, 0.1) is 6.61 Å². The molecule has 1 unspecified atom stereocenters. The maximum Gasteiger partial charge on any atom is 0.0591 e. The first kappa shape index (κ1) is 14.8. The SMILES string of the molecule is CCCC(NCCOCC1CC1)c1ccc(Cl)cc1. The van der Waals surface area contributed by atoms with E-state index in [1.54, 1.807) is 0 Å². The van der Waals surface area contributed by atoms with Crippen LogP contribution in [-0.4, -0.2) is 19.8 Å². The zero-order chi connectivity index (χ0) is 13.5. The number of halogens is 1. The summed E-state index contributed by atoms with van der Waals surface area (Å²) in [5, 5.41) is 4.38. The van der Waals surface area contributed by atoms with E-state index in [1.807, 2.05) is 12.1 Å². The van der Waals surface area contributed by atoms with Crippen molar-refractivity contribution in [1.29, 1.82) is 0 Å². The lowest BCUT2D eigenvalue weighted by Gasteiger charge is -2.18. The second-order valence-electron chi connectivity index (χ2n) is 5.37. The molecule has 3 heteroatoms. The average Bonchev–Trinajstić information content (AvgIpc) is 3.22. The van der Waals surface area contributed by atoms with Gasteiger partial charge in [0.25, 0.3) is 0 Å². The van der Waals surface area contributed by atoms with Gasteiger partial charge < -0.3 is 10.1 Å². The van der Waals surface area contributed by atoms with Crippen LogP contribution in [0.25, 0.3) is 0 Å². The summed E-state index contributed by atoms with van der Waals surface area (Å²) in [6, 6.07) is 8.56. The van der Waals surface area contributed by atoms with E-state index in [-0.39, 0.29) is 0 Å². The molecule has 1 aliphatic carbocycles. The lowest BCUT2D eigenvalue weighted by molar-refractivity contribution is 0.124. The number of rotatable bonds is 9. The highest BCUT2D eigenvalue weighted by molar-refractivity contribution is 6.30. The zero-order valence-electron chi connectivity index (χ0n) is 11.7. The van der Waals surface area contributed by atoms with Crippen LogP contribution in [0.15, 0.2) is 24.3 Å². The lowest BCUT2D eigenvalue weighted by atomic mass is 10.0. The molecular weight excluding hydrogens is 258 g/mol. The third kappa shape index (κ3) is 5.52. The van der Waals surface area contributed by atoms with Crippen LogP contribution in [0.3, 0.4) is 0 Å². The van der Waals surface area contributed by atoms with Crippen molar-refractivity contribution in [2.75, 3.05) is 19.8 Å². The summed E-state index contributed by atoms with van der Waals surface area (Å²) in [6.45, 7) is 4.89. The maximum atomic E-state index is 5.93. The highest BCUT2D eigenvalue weighted by Crippen LogP contribution is 2.28. The van der Waals surface area contributed by atoms with Gasteiger partial charge in [0.2, 0.25) is 0 Å². The Labute approximate surface area is 121 Å². The molecule has 2 rings (SSSR count). The molecule has 1 N–H and O–H groups in total. The summed E-state index contributed by atoms with van der Waals surface area (Å²) in [4.78, 5) is 0. The van der Waals surface area contributed by atoms with Gasteiger partial charge in [-0.2, -0.15) is 0 Å². The number of ether oxygens (including phenoxy) is 1. The Kier molecular flexibility index (Phi) is 6.15. The predicted octanol–water partition coefficient (Wildman–Crippen LogP) is 4.20.